The van der Waals surface area contributed by atoms with E-state index in [-0.39, 0.29) is 51.3 Å². The first-order valence-corrected chi connectivity index (χ1v) is 3.68. The van der Waals surface area contributed by atoms with Gasteiger partial charge in [0.15, 0.2) is 0 Å². The van der Waals surface area contributed by atoms with Gasteiger partial charge in [0.2, 0.25) is 0 Å². The summed E-state index contributed by atoms with van der Waals surface area (Å²) in [6, 6.07) is 7.52. The van der Waals surface area contributed by atoms with E-state index in [0.29, 0.717) is 0 Å². The molecule has 0 nitrogen and oxygen atoms in total. The van der Waals surface area contributed by atoms with Gasteiger partial charge in [-0.2, -0.15) is 12.1 Å². The fraction of sp³-hybridized carbons (Fsp3) is 0.400. The van der Waals surface area contributed by atoms with Crippen LogP contribution in [0, 0.1) is 11.9 Å². The van der Waals surface area contributed by atoms with Gasteiger partial charge in [-0.1, -0.05) is 20.8 Å². The topological polar surface area (TPSA) is 0 Å². The fourth-order valence-corrected chi connectivity index (χ4v) is 0.904. The molecule has 0 aliphatic rings. The van der Waals surface area contributed by atoms with E-state index in [1.54, 1.807) is 6.07 Å². The van der Waals surface area contributed by atoms with Crippen LogP contribution in [0.25, 0.3) is 0 Å². The van der Waals surface area contributed by atoms with Crippen LogP contribution >= 0.6 is 0 Å². The minimum atomic E-state index is -0.280. The van der Waals surface area contributed by atoms with Gasteiger partial charge in [-0.25, -0.2) is 4.39 Å². The molecule has 0 aliphatic heterocycles. The van der Waals surface area contributed by atoms with E-state index < -0.39 is 0 Å². The van der Waals surface area contributed by atoms with Crippen LogP contribution in [0.3, 0.4) is 0 Å². The average Bonchev–Trinajstić information content (AvgIpc) is 1.86. The minimum Gasteiger partial charge on any atom is -1.00 e. The van der Waals surface area contributed by atoms with Crippen LogP contribution in [0.5, 0.6) is 0 Å². The normalized spacial score (nSPS) is 9.85. The number of hydrogen-bond donors (Lipinski definition) is 0. The van der Waals surface area contributed by atoms with E-state index in [1.165, 1.54) is 6.07 Å². The Morgan fingerprint density at radius 3 is 2.15 bits per heavy atom. The van der Waals surface area contributed by atoms with Crippen molar-refractivity contribution in [2.75, 3.05) is 0 Å². The third-order valence-corrected chi connectivity index (χ3v) is 1.63. The second-order valence-corrected chi connectivity index (χ2v) is 3.68. The first-order valence-electron chi connectivity index (χ1n) is 3.68. The molecular formula is C10H12BrFMg. The molecule has 0 atom stereocenters. The molecular weight excluding hydrogens is 243 g/mol. The molecule has 0 fully saturated rings. The summed E-state index contributed by atoms with van der Waals surface area (Å²) in [7, 11) is 0. The molecule has 1 aromatic carbocycles. The van der Waals surface area contributed by atoms with Crippen molar-refractivity contribution in [1.82, 2.24) is 0 Å². The van der Waals surface area contributed by atoms with Crippen molar-refractivity contribution in [3.63, 3.8) is 0 Å². The van der Waals surface area contributed by atoms with Crippen molar-refractivity contribution >= 4 is 23.1 Å². The maximum absolute atomic E-state index is 12.6. The third-order valence-electron chi connectivity index (χ3n) is 1.63. The molecule has 0 unspecified atom stereocenters. The molecule has 0 saturated heterocycles. The number of hydrogen-bond acceptors (Lipinski definition) is 0. The van der Waals surface area contributed by atoms with Gasteiger partial charge in [-0.3, -0.25) is 0 Å². The van der Waals surface area contributed by atoms with Crippen molar-refractivity contribution in [2.24, 2.45) is 0 Å². The smallest absolute Gasteiger partial charge is 1.00 e. The third kappa shape index (κ3) is 4.98. The maximum atomic E-state index is 12.6. The molecule has 0 N–H and O–H groups in total. The molecule has 1 aromatic rings. The SMILES string of the molecule is CC(C)(C)c1cc[c-]c(F)c1.[Br-].[Mg+2]. The Labute approximate surface area is 106 Å². The van der Waals surface area contributed by atoms with Crippen LogP contribution in [0.1, 0.15) is 26.3 Å². The largest absolute Gasteiger partial charge is 2.00 e. The van der Waals surface area contributed by atoms with Crippen molar-refractivity contribution in [2.45, 2.75) is 26.2 Å². The summed E-state index contributed by atoms with van der Waals surface area (Å²) in [6.07, 6.45) is 0. The van der Waals surface area contributed by atoms with Crippen LogP contribution in [0.15, 0.2) is 18.2 Å². The molecule has 0 radical (unpaired) electrons. The van der Waals surface area contributed by atoms with Gasteiger partial charge < -0.3 is 17.0 Å². The Hall–Kier alpha value is 0.396. The van der Waals surface area contributed by atoms with E-state index in [2.05, 4.69) is 26.8 Å². The molecule has 0 amide bonds. The molecule has 13 heavy (non-hydrogen) atoms. The van der Waals surface area contributed by atoms with Crippen LogP contribution in [0.2, 0.25) is 0 Å². The quantitative estimate of drug-likeness (QED) is 0.435. The number of benzene rings is 1. The molecule has 1 rings (SSSR count). The maximum Gasteiger partial charge on any atom is 2.00 e. The Balaban J connectivity index is 0. The van der Waals surface area contributed by atoms with Gasteiger partial charge in [-0.15, -0.1) is 17.7 Å². The molecule has 0 bridgehead atoms. The summed E-state index contributed by atoms with van der Waals surface area (Å²) < 4.78 is 12.6. The summed E-state index contributed by atoms with van der Waals surface area (Å²) >= 11 is 0. The molecule has 0 spiro atoms. The molecule has 0 saturated carbocycles. The monoisotopic (exact) mass is 254 g/mol. The summed E-state index contributed by atoms with van der Waals surface area (Å²) in [5, 5.41) is 0. The Morgan fingerprint density at radius 1 is 1.31 bits per heavy atom. The Kier molecular flexibility index (Phi) is 7.30. The molecule has 0 aromatic heterocycles. The summed E-state index contributed by atoms with van der Waals surface area (Å²) in [5.41, 5.74) is 1.03. The van der Waals surface area contributed by atoms with E-state index in [1.807, 2.05) is 6.07 Å². The summed E-state index contributed by atoms with van der Waals surface area (Å²) in [4.78, 5) is 0. The van der Waals surface area contributed by atoms with Gasteiger partial charge in [0, 0.05) is 5.82 Å². The minimum absolute atomic E-state index is 0. The number of rotatable bonds is 0. The second-order valence-electron chi connectivity index (χ2n) is 3.68. The van der Waals surface area contributed by atoms with E-state index in [9.17, 15) is 4.39 Å². The van der Waals surface area contributed by atoms with Gasteiger partial charge in [-0.05, 0) is 5.41 Å². The molecule has 3 heteroatoms. The Bertz CT molecular complexity index is 255. The first kappa shape index (κ1) is 15.9. The van der Waals surface area contributed by atoms with Crippen LogP contribution < -0.4 is 17.0 Å². The van der Waals surface area contributed by atoms with Crippen molar-refractivity contribution in [3.8, 4) is 0 Å². The Morgan fingerprint density at radius 2 is 1.85 bits per heavy atom. The van der Waals surface area contributed by atoms with E-state index in [0.717, 1.165) is 5.56 Å². The first-order chi connectivity index (χ1) is 5.00. The second kappa shape index (κ2) is 5.99. The average molecular weight is 255 g/mol. The van der Waals surface area contributed by atoms with Gasteiger partial charge in [0.25, 0.3) is 0 Å². The van der Waals surface area contributed by atoms with Crippen LogP contribution in [-0.2, 0) is 5.41 Å². The van der Waals surface area contributed by atoms with Gasteiger partial charge in [0.05, 0.1) is 0 Å². The predicted octanol–water partition coefficient (Wildman–Crippen LogP) is -0.453. The molecule has 68 valence electrons. The zero-order valence-electron chi connectivity index (χ0n) is 8.20. The van der Waals surface area contributed by atoms with E-state index in [4.69, 9.17) is 0 Å². The fourth-order valence-electron chi connectivity index (χ4n) is 0.904. The van der Waals surface area contributed by atoms with E-state index >= 15 is 0 Å². The van der Waals surface area contributed by atoms with Crippen molar-refractivity contribution < 1.29 is 21.4 Å². The van der Waals surface area contributed by atoms with Crippen molar-refractivity contribution in [1.29, 1.82) is 0 Å². The zero-order valence-corrected chi connectivity index (χ0v) is 11.2. The summed E-state index contributed by atoms with van der Waals surface area (Å²) in [5.74, 6) is -0.280. The zero-order chi connectivity index (χ0) is 8.48. The standard InChI is InChI=1S/C10H12F.BrH.Mg/c1-10(2,3)8-5-4-6-9(11)7-8;;/h4-5,7H,1-3H3;1H;/q-1;;+2/p-1. The molecule has 0 aliphatic carbocycles. The van der Waals surface area contributed by atoms with Crippen LogP contribution in [-0.4, -0.2) is 23.1 Å². The van der Waals surface area contributed by atoms with Crippen LogP contribution in [0.4, 0.5) is 4.39 Å². The molecule has 0 heterocycles. The number of halogens is 2. The van der Waals surface area contributed by atoms with Gasteiger partial charge in [0.1, 0.15) is 0 Å². The predicted molar refractivity (Wildman–Crippen MR) is 49.7 cm³/mol. The van der Waals surface area contributed by atoms with Crippen molar-refractivity contribution in [3.05, 3.63) is 35.6 Å². The summed E-state index contributed by atoms with van der Waals surface area (Å²) in [6.45, 7) is 6.17. The van der Waals surface area contributed by atoms with Gasteiger partial charge >= 0.3 is 23.1 Å².